The minimum absolute atomic E-state index is 1.16. The van der Waals surface area contributed by atoms with Crippen molar-refractivity contribution in [3.63, 3.8) is 0 Å². The van der Waals surface area contributed by atoms with Crippen LogP contribution in [0.25, 0.3) is 11.1 Å². The van der Waals surface area contributed by atoms with Crippen LogP contribution in [0, 0.1) is 46.5 Å². The van der Waals surface area contributed by atoms with Crippen molar-refractivity contribution in [2.45, 2.75) is 31.6 Å². The van der Waals surface area contributed by atoms with Crippen molar-refractivity contribution in [2.75, 3.05) is 12.8 Å². The Labute approximate surface area is 193 Å². The molecular formula is C19H11F16P. The van der Waals surface area contributed by atoms with Gasteiger partial charge in [-0.05, 0) is 12.8 Å². The second-order valence-electron chi connectivity index (χ2n) is 6.69. The van der Waals surface area contributed by atoms with Crippen LogP contribution in [0.5, 0.6) is 0 Å². The molecule has 36 heavy (non-hydrogen) atoms. The van der Waals surface area contributed by atoms with Crippen molar-refractivity contribution < 1.29 is 70.2 Å². The molecule has 2 aromatic rings. The van der Waals surface area contributed by atoms with E-state index in [1.165, 1.54) is 12.6 Å². The summed E-state index contributed by atoms with van der Waals surface area (Å²) >= 11 is 0. The first kappa shape index (κ1) is 31.8. The van der Waals surface area contributed by atoms with Gasteiger partial charge in [0.15, 0.2) is 40.7 Å². The van der Waals surface area contributed by atoms with E-state index in [2.05, 4.69) is 13.6 Å². The summed E-state index contributed by atoms with van der Waals surface area (Å²) < 4.78 is 214. The maximum absolute atomic E-state index is 13.9. The van der Waals surface area contributed by atoms with Gasteiger partial charge in [-0.15, -0.1) is 8.58 Å². The molecule has 0 aliphatic rings. The van der Waals surface area contributed by atoms with Gasteiger partial charge in [0.1, 0.15) is 5.56 Å². The van der Waals surface area contributed by atoms with Crippen molar-refractivity contribution in [2.24, 2.45) is 0 Å². The first-order valence-corrected chi connectivity index (χ1v) is 10.8. The Morgan fingerprint density at radius 2 is 0.889 bits per heavy atom. The zero-order valence-electron chi connectivity index (χ0n) is 17.5. The highest BCUT2D eigenvalue weighted by atomic mass is 31.1. The van der Waals surface area contributed by atoms with Gasteiger partial charge >= 0.3 is 18.3 Å². The number of alkyl halides is 8. The second-order valence-corrected chi connectivity index (χ2v) is 7.89. The molecular weight excluding hydrogens is 563 g/mol. The molecule has 0 saturated heterocycles. The number of hydrogen-bond acceptors (Lipinski definition) is 0. The van der Waals surface area contributed by atoms with E-state index in [0.717, 1.165) is 8.58 Å². The average Bonchev–Trinajstić information content (AvgIpc) is 2.74. The summed E-state index contributed by atoms with van der Waals surface area (Å²) in [4.78, 5) is 0. The summed E-state index contributed by atoms with van der Waals surface area (Å²) in [5, 5.41) is 0. The van der Waals surface area contributed by atoms with Crippen LogP contribution in [-0.2, 0) is 12.1 Å². The standard InChI is InChI=1S/C15F16.C4H11P/c16-5-2(6(17)10(21)12(23)9(5)20)1-3(13(24,25)15(29,30)31)7(18)11(22)8(19)4(1)14(26,27)28;1-3-4-5-2/h;5H,3-4H2,1-2H3. The Kier molecular flexibility index (Phi) is 9.72. The first-order valence-electron chi connectivity index (χ1n) is 9.08. The molecule has 204 valence electrons. The summed E-state index contributed by atoms with van der Waals surface area (Å²) in [6.07, 6.45) is -10.9. The topological polar surface area (TPSA) is 0 Å². The largest absolute Gasteiger partial charge is 0.458 e. The minimum atomic E-state index is -7.10. The fourth-order valence-electron chi connectivity index (χ4n) is 2.69. The summed E-state index contributed by atoms with van der Waals surface area (Å²) in [5.74, 6) is -34.1. The van der Waals surface area contributed by atoms with Crippen LogP contribution in [0.1, 0.15) is 24.5 Å². The molecule has 0 radical (unpaired) electrons. The van der Waals surface area contributed by atoms with Gasteiger partial charge in [0.05, 0.1) is 11.1 Å². The molecule has 0 heterocycles. The van der Waals surface area contributed by atoms with Gasteiger partial charge < -0.3 is 0 Å². The van der Waals surface area contributed by atoms with Crippen molar-refractivity contribution in [1.29, 1.82) is 0 Å². The quantitative estimate of drug-likeness (QED) is 0.148. The lowest BCUT2D eigenvalue weighted by Crippen LogP contribution is -2.36. The summed E-state index contributed by atoms with van der Waals surface area (Å²) in [6, 6.07) is 0. The molecule has 0 saturated carbocycles. The summed E-state index contributed by atoms with van der Waals surface area (Å²) in [5.41, 5.74) is -14.2. The van der Waals surface area contributed by atoms with Crippen LogP contribution in [0.2, 0.25) is 0 Å². The molecule has 0 aromatic heterocycles. The molecule has 1 atom stereocenters. The third-order valence-electron chi connectivity index (χ3n) is 4.24. The molecule has 0 N–H and O–H groups in total. The molecule has 0 spiro atoms. The molecule has 0 amide bonds. The van der Waals surface area contributed by atoms with E-state index in [1.54, 1.807) is 0 Å². The SMILES string of the molecule is CCCPC.Fc1c(F)c(F)c(-c2c(C(F)(F)F)c(F)c(F)c(F)c2C(F)(F)C(F)(F)F)c(F)c1F. The van der Waals surface area contributed by atoms with Crippen molar-refractivity contribution in [3.8, 4) is 11.1 Å². The van der Waals surface area contributed by atoms with Gasteiger partial charge in [0, 0.05) is 5.56 Å². The molecule has 0 fully saturated rings. The Hall–Kier alpha value is -2.25. The number of rotatable bonds is 4. The van der Waals surface area contributed by atoms with E-state index >= 15 is 0 Å². The Bertz CT molecular complexity index is 1090. The average molecular weight is 574 g/mol. The van der Waals surface area contributed by atoms with Crippen LogP contribution in [0.3, 0.4) is 0 Å². The van der Waals surface area contributed by atoms with Crippen molar-refractivity contribution >= 4 is 8.58 Å². The maximum atomic E-state index is 13.9. The smallest absolute Gasteiger partial charge is 0.203 e. The fourth-order valence-corrected chi connectivity index (χ4v) is 3.19. The van der Waals surface area contributed by atoms with Gasteiger partial charge in [0.2, 0.25) is 5.82 Å². The maximum Gasteiger partial charge on any atom is 0.458 e. The summed E-state index contributed by atoms with van der Waals surface area (Å²) in [7, 11) is 1.16. The van der Waals surface area contributed by atoms with E-state index in [0.29, 0.717) is 0 Å². The van der Waals surface area contributed by atoms with Crippen molar-refractivity contribution in [1.82, 2.24) is 0 Å². The number of hydrogen-bond donors (Lipinski definition) is 0. The van der Waals surface area contributed by atoms with Crippen molar-refractivity contribution in [3.05, 3.63) is 57.7 Å². The van der Waals surface area contributed by atoms with Crippen LogP contribution in [-0.4, -0.2) is 19.0 Å². The molecule has 0 aliphatic heterocycles. The molecule has 1 unspecified atom stereocenters. The molecule has 0 bridgehead atoms. The second kappa shape index (κ2) is 11.0. The van der Waals surface area contributed by atoms with E-state index in [4.69, 9.17) is 0 Å². The highest BCUT2D eigenvalue weighted by molar-refractivity contribution is 7.36. The van der Waals surface area contributed by atoms with Crippen LogP contribution >= 0.6 is 8.58 Å². The molecule has 0 nitrogen and oxygen atoms in total. The van der Waals surface area contributed by atoms with Gasteiger partial charge in [-0.1, -0.05) is 13.3 Å². The molecule has 2 aromatic carbocycles. The van der Waals surface area contributed by atoms with Crippen LogP contribution < -0.4 is 0 Å². The van der Waals surface area contributed by atoms with Crippen LogP contribution in [0.4, 0.5) is 70.2 Å². The first-order chi connectivity index (χ1) is 16.2. The molecule has 2 rings (SSSR count). The lowest BCUT2D eigenvalue weighted by atomic mass is 9.88. The highest BCUT2D eigenvalue weighted by Gasteiger charge is 2.63. The fraction of sp³-hybridized carbons (Fsp3) is 0.368. The molecule has 17 heteroatoms. The van der Waals surface area contributed by atoms with Crippen LogP contribution in [0.15, 0.2) is 0 Å². The Morgan fingerprint density at radius 1 is 0.528 bits per heavy atom. The Morgan fingerprint density at radius 3 is 1.19 bits per heavy atom. The number of benzene rings is 2. The van der Waals surface area contributed by atoms with E-state index in [9.17, 15) is 70.2 Å². The lowest BCUT2D eigenvalue weighted by molar-refractivity contribution is -0.290. The predicted molar refractivity (Wildman–Crippen MR) is 95.9 cm³/mol. The van der Waals surface area contributed by atoms with Gasteiger partial charge in [-0.3, -0.25) is 0 Å². The minimum Gasteiger partial charge on any atom is -0.203 e. The highest BCUT2D eigenvalue weighted by Crippen LogP contribution is 2.53. The van der Waals surface area contributed by atoms with E-state index < -0.39 is 87.1 Å². The Balaban J connectivity index is 0.00000118. The summed E-state index contributed by atoms with van der Waals surface area (Å²) in [6.45, 7) is 4.46. The van der Waals surface area contributed by atoms with E-state index in [1.807, 2.05) is 0 Å². The van der Waals surface area contributed by atoms with E-state index in [-0.39, 0.29) is 0 Å². The zero-order valence-corrected chi connectivity index (χ0v) is 18.5. The third kappa shape index (κ3) is 5.67. The van der Waals surface area contributed by atoms with Gasteiger partial charge in [-0.2, -0.15) is 35.1 Å². The zero-order chi connectivity index (χ0) is 28.5. The van der Waals surface area contributed by atoms with Gasteiger partial charge in [-0.25, -0.2) is 35.1 Å². The number of halogens is 16. The lowest BCUT2D eigenvalue weighted by Gasteiger charge is -2.26. The monoisotopic (exact) mass is 574 g/mol. The normalized spacial score (nSPS) is 12.8. The third-order valence-corrected chi connectivity index (χ3v) is 5.24. The molecule has 0 aliphatic carbocycles. The predicted octanol–water partition coefficient (Wildman–Crippen LogP) is 8.84. The van der Waals surface area contributed by atoms with Gasteiger partial charge in [0.25, 0.3) is 0 Å².